The Morgan fingerprint density at radius 3 is 1.89 bits per heavy atom. The van der Waals surface area contributed by atoms with Gasteiger partial charge < -0.3 is 14.2 Å². The molecule has 38 heavy (non-hydrogen) atoms. The van der Waals surface area contributed by atoms with E-state index in [2.05, 4.69) is 51.5 Å². The SMILES string of the molecule is CCCCCCCCCCCCCC(O[Si](C)(C)C)C(CO[Si](C)(C)C)NC(=O)c1ccccc1[N+](=O)[O-]. The Morgan fingerprint density at radius 2 is 1.39 bits per heavy atom. The minimum atomic E-state index is -1.92. The van der Waals surface area contributed by atoms with Crippen LogP contribution in [-0.2, 0) is 8.85 Å². The molecule has 7 nitrogen and oxygen atoms in total. The van der Waals surface area contributed by atoms with Gasteiger partial charge in [0.05, 0.1) is 23.7 Å². The van der Waals surface area contributed by atoms with Crippen molar-refractivity contribution in [1.82, 2.24) is 5.32 Å². The highest BCUT2D eigenvalue weighted by atomic mass is 28.4. The minimum absolute atomic E-state index is 0.0666. The summed E-state index contributed by atoms with van der Waals surface area (Å²) in [7, 11) is -3.78. The van der Waals surface area contributed by atoms with E-state index in [0.29, 0.717) is 6.61 Å². The van der Waals surface area contributed by atoms with Gasteiger partial charge in [-0.3, -0.25) is 14.9 Å². The Labute approximate surface area is 233 Å². The number of nitro groups is 1. The van der Waals surface area contributed by atoms with Crippen molar-refractivity contribution in [2.45, 2.75) is 135 Å². The average Bonchev–Trinajstić information content (AvgIpc) is 2.83. The van der Waals surface area contributed by atoms with Gasteiger partial charge in [-0.1, -0.05) is 89.7 Å². The number of benzene rings is 1. The summed E-state index contributed by atoms with van der Waals surface area (Å²) >= 11 is 0. The van der Waals surface area contributed by atoms with Crippen LogP contribution in [0.4, 0.5) is 5.69 Å². The van der Waals surface area contributed by atoms with Crippen molar-refractivity contribution in [3.8, 4) is 0 Å². The third-order valence-electron chi connectivity index (χ3n) is 6.40. The van der Waals surface area contributed by atoms with Crippen LogP contribution in [-0.4, -0.2) is 46.2 Å². The fourth-order valence-electron chi connectivity index (χ4n) is 4.46. The van der Waals surface area contributed by atoms with Crippen molar-refractivity contribution < 1.29 is 18.6 Å². The molecule has 0 heterocycles. The first kappa shape index (κ1) is 34.5. The Balaban J connectivity index is 2.81. The summed E-state index contributed by atoms with van der Waals surface area (Å²) in [4.78, 5) is 24.2. The Bertz CT molecular complexity index is 824. The molecule has 0 aromatic heterocycles. The van der Waals surface area contributed by atoms with Crippen LogP contribution in [0.25, 0.3) is 0 Å². The van der Waals surface area contributed by atoms with Gasteiger partial charge in [-0.25, -0.2) is 0 Å². The number of hydrogen-bond acceptors (Lipinski definition) is 5. The Morgan fingerprint density at radius 1 is 0.868 bits per heavy atom. The van der Waals surface area contributed by atoms with E-state index < -0.39 is 27.5 Å². The van der Waals surface area contributed by atoms with Crippen LogP contribution in [0.1, 0.15) is 94.3 Å². The molecule has 2 atom stereocenters. The van der Waals surface area contributed by atoms with E-state index in [9.17, 15) is 14.9 Å². The number of nitrogens with one attached hydrogen (secondary N) is 1. The van der Waals surface area contributed by atoms with Crippen LogP contribution in [0.15, 0.2) is 24.3 Å². The number of rotatable bonds is 21. The number of hydrogen-bond donors (Lipinski definition) is 1. The molecule has 0 radical (unpaired) electrons. The third kappa shape index (κ3) is 15.8. The van der Waals surface area contributed by atoms with Crippen LogP contribution >= 0.6 is 0 Å². The average molecular weight is 567 g/mol. The van der Waals surface area contributed by atoms with Crippen molar-refractivity contribution in [2.24, 2.45) is 0 Å². The maximum Gasteiger partial charge on any atom is 0.282 e. The molecule has 0 saturated carbocycles. The summed E-state index contributed by atoms with van der Waals surface area (Å²) < 4.78 is 12.8. The normalized spacial score (nSPS) is 13.8. The third-order valence-corrected chi connectivity index (χ3v) is 8.45. The fourth-order valence-corrected chi connectivity index (χ4v) is 6.33. The lowest BCUT2D eigenvalue weighted by Crippen LogP contribution is -2.52. The zero-order chi connectivity index (χ0) is 28.6. The van der Waals surface area contributed by atoms with Gasteiger partial charge in [0.1, 0.15) is 5.56 Å². The second-order valence-corrected chi connectivity index (χ2v) is 21.3. The van der Waals surface area contributed by atoms with Gasteiger partial charge in [-0.2, -0.15) is 0 Å². The largest absolute Gasteiger partial charge is 0.415 e. The van der Waals surface area contributed by atoms with Crippen LogP contribution in [0.5, 0.6) is 0 Å². The topological polar surface area (TPSA) is 90.7 Å². The lowest BCUT2D eigenvalue weighted by molar-refractivity contribution is -0.385. The van der Waals surface area contributed by atoms with Crippen molar-refractivity contribution in [3.63, 3.8) is 0 Å². The standard InChI is InChI=1S/C29H54N2O5Si2/c1-8-9-10-11-12-13-14-15-16-17-18-23-28(36-38(5,6)7)26(24-35-37(2,3)4)30-29(32)25-21-19-20-22-27(25)31(33)34/h19-22,26,28H,8-18,23-24H2,1-7H3,(H,30,32). The maximum absolute atomic E-state index is 13.2. The molecule has 2 unspecified atom stereocenters. The quantitative estimate of drug-likeness (QED) is 0.0697. The first-order valence-electron chi connectivity index (χ1n) is 14.7. The van der Waals surface area contributed by atoms with Gasteiger partial charge >= 0.3 is 0 Å². The summed E-state index contributed by atoms with van der Waals surface area (Å²) in [5.74, 6) is -0.454. The zero-order valence-electron chi connectivity index (χ0n) is 25.1. The Kier molecular flexibility index (Phi) is 16.3. The highest BCUT2D eigenvalue weighted by Crippen LogP contribution is 2.22. The molecular formula is C29H54N2O5Si2. The van der Waals surface area contributed by atoms with E-state index >= 15 is 0 Å². The molecule has 1 rings (SSSR count). The molecule has 0 aliphatic carbocycles. The molecule has 0 fully saturated rings. The van der Waals surface area contributed by atoms with Gasteiger partial charge in [0, 0.05) is 6.07 Å². The van der Waals surface area contributed by atoms with Crippen LogP contribution in [0.3, 0.4) is 0 Å². The molecule has 0 bridgehead atoms. The molecule has 1 aromatic rings. The van der Waals surface area contributed by atoms with Gasteiger partial charge in [-0.05, 0) is 51.8 Å². The second-order valence-electron chi connectivity index (χ2n) is 12.4. The smallest absolute Gasteiger partial charge is 0.282 e. The van der Waals surface area contributed by atoms with Gasteiger partial charge in [0.15, 0.2) is 16.6 Å². The number of nitrogens with zero attached hydrogens (tertiary/aromatic N) is 1. The molecule has 1 aromatic carbocycles. The zero-order valence-corrected chi connectivity index (χ0v) is 27.1. The van der Waals surface area contributed by atoms with E-state index in [1.807, 2.05) is 0 Å². The molecule has 218 valence electrons. The fraction of sp³-hybridized carbons (Fsp3) is 0.759. The Hall–Kier alpha value is -1.56. The van der Waals surface area contributed by atoms with E-state index in [1.54, 1.807) is 12.1 Å². The van der Waals surface area contributed by atoms with E-state index in [-0.39, 0.29) is 23.4 Å². The summed E-state index contributed by atoms with van der Waals surface area (Å²) in [5, 5.41) is 14.6. The highest BCUT2D eigenvalue weighted by molar-refractivity contribution is 6.70. The number of amides is 1. The summed E-state index contributed by atoms with van der Waals surface area (Å²) in [6, 6.07) is 5.72. The van der Waals surface area contributed by atoms with Gasteiger partial charge in [0.2, 0.25) is 0 Å². The summed E-state index contributed by atoms with van der Waals surface area (Å²) in [6.07, 6.45) is 14.7. The van der Waals surface area contributed by atoms with Crippen molar-refractivity contribution in [1.29, 1.82) is 0 Å². The maximum atomic E-state index is 13.2. The number of unbranched alkanes of at least 4 members (excludes halogenated alkanes) is 10. The monoisotopic (exact) mass is 566 g/mol. The number of para-hydroxylation sites is 1. The summed E-state index contributed by atoms with van der Waals surface area (Å²) in [6.45, 7) is 15.4. The molecule has 0 aliphatic rings. The van der Waals surface area contributed by atoms with Crippen LogP contribution in [0.2, 0.25) is 39.3 Å². The van der Waals surface area contributed by atoms with Crippen molar-refractivity contribution in [3.05, 3.63) is 39.9 Å². The van der Waals surface area contributed by atoms with E-state index in [1.165, 1.54) is 69.9 Å². The first-order chi connectivity index (χ1) is 17.8. The summed E-state index contributed by atoms with van der Waals surface area (Å²) in [5.41, 5.74) is -0.125. The van der Waals surface area contributed by atoms with Crippen molar-refractivity contribution in [2.75, 3.05) is 6.61 Å². The lowest BCUT2D eigenvalue weighted by atomic mass is 10.0. The van der Waals surface area contributed by atoms with E-state index in [4.69, 9.17) is 8.85 Å². The molecule has 0 aliphatic heterocycles. The minimum Gasteiger partial charge on any atom is -0.415 e. The second kappa shape index (κ2) is 17.9. The predicted molar refractivity (Wildman–Crippen MR) is 163 cm³/mol. The van der Waals surface area contributed by atoms with E-state index in [0.717, 1.165) is 19.3 Å². The number of nitro benzene ring substituents is 1. The molecule has 1 N–H and O–H groups in total. The molecule has 1 amide bonds. The molecule has 0 spiro atoms. The van der Waals surface area contributed by atoms with Crippen LogP contribution in [0, 0.1) is 10.1 Å². The number of carbonyl (C=O) groups is 1. The highest BCUT2D eigenvalue weighted by Gasteiger charge is 2.32. The van der Waals surface area contributed by atoms with Gasteiger partial charge in [0.25, 0.3) is 11.6 Å². The molecule has 0 saturated heterocycles. The lowest BCUT2D eigenvalue weighted by Gasteiger charge is -2.34. The van der Waals surface area contributed by atoms with Crippen molar-refractivity contribution >= 4 is 28.2 Å². The molecule has 9 heteroatoms. The van der Waals surface area contributed by atoms with Gasteiger partial charge in [-0.15, -0.1) is 0 Å². The first-order valence-corrected chi connectivity index (χ1v) is 21.5. The number of carbonyl (C=O) groups excluding carboxylic acids is 1. The van der Waals surface area contributed by atoms with Crippen LogP contribution < -0.4 is 5.32 Å². The molecular weight excluding hydrogens is 513 g/mol. The predicted octanol–water partition coefficient (Wildman–Crippen LogP) is 8.47.